The highest BCUT2D eigenvalue weighted by atomic mass is 16.2. The Balaban J connectivity index is 1.65. The van der Waals surface area contributed by atoms with Gasteiger partial charge in [-0.2, -0.15) is 0 Å². The third kappa shape index (κ3) is 2.73. The molecular formula is C16H21N3O2. The Hall–Kier alpha value is -2.04. The van der Waals surface area contributed by atoms with Gasteiger partial charge in [-0.15, -0.1) is 0 Å². The van der Waals surface area contributed by atoms with Gasteiger partial charge in [0.1, 0.15) is 6.04 Å². The van der Waals surface area contributed by atoms with Crippen molar-refractivity contribution in [3.8, 4) is 0 Å². The highest BCUT2D eigenvalue weighted by Crippen LogP contribution is 2.24. The molecule has 2 saturated heterocycles. The van der Waals surface area contributed by atoms with Crippen LogP contribution in [-0.2, 0) is 9.59 Å². The van der Waals surface area contributed by atoms with Crippen LogP contribution in [0.3, 0.4) is 0 Å². The molecule has 3 rings (SSSR count). The topological polar surface area (TPSA) is 52.7 Å². The number of nitrogens with one attached hydrogen (secondary N) is 1. The number of likely N-dealkylation sites (N-methyl/N-ethyl adjacent to an activating group) is 1. The molecule has 1 N–H and O–H groups in total. The molecule has 0 saturated carbocycles. The van der Waals surface area contributed by atoms with Gasteiger partial charge >= 0.3 is 0 Å². The number of nitrogens with zero attached hydrogens (tertiary/aromatic N) is 2. The summed E-state index contributed by atoms with van der Waals surface area (Å²) in [6.45, 7) is 4.51. The van der Waals surface area contributed by atoms with E-state index in [1.54, 1.807) is 0 Å². The molecule has 0 radical (unpaired) electrons. The normalized spacial score (nSPS) is 22.2. The molecule has 5 nitrogen and oxygen atoms in total. The fourth-order valence-electron chi connectivity index (χ4n) is 3.07. The molecule has 1 aromatic rings. The Morgan fingerprint density at radius 1 is 1.14 bits per heavy atom. The first-order valence-electron chi connectivity index (χ1n) is 7.65. The maximum atomic E-state index is 12.1. The van der Waals surface area contributed by atoms with E-state index in [4.69, 9.17) is 0 Å². The minimum Gasteiger partial charge on any atom is -0.373 e. The van der Waals surface area contributed by atoms with Gasteiger partial charge < -0.3 is 10.2 Å². The number of imide groups is 1. The average molecular weight is 287 g/mol. The van der Waals surface area contributed by atoms with Crippen LogP contribution in [0.5, 0.6) is 0 Å². The van der Waals surface area contributed by atoms with Gasteiger partial charge in [0, 0.05) is 31.0 Å². The van der Waals surface area contributed by atoms with E-state index in [-0.39, 0.29) is 18.2 Å². The minimum atomic E-state index is -0.421. The summed E-state index contributed by atoms with van der Waals surface area (Å²) >= 11 is 0. The van der Waals surface area contributed by atoms with E-state index >= 15 is 0 Å². The standard InChI is InChI=1S/C16H21N3O2/c1-2-19-15(20)11-14(16(19)21)17-12-5-7-13(8-6-12)18-9-3-4-10-18/h5-8,14,17H,2-4,9-11H2,1H3. The average Bonchev–Trinajstić information content (AvgIpc) is 3.10. The summed E-state index contributed by atoms with van der Waals surface area (Å²) in [4.78, 5) is 27.4. The lowest BCUT2D eigenvalue weighted by Crippen LogP contribution is -2.34. The van der Waals surface area contributed by atoms with Crippen LogP contribution >= 0.6 is 0 Å². The molecule has 1 unspecified atom stereocenters. The molecule has 2 fully saturated rings. The second kappa shape index (κ2) is 5.76. The molecule has 2 heterocycles. The fourth-order valence-corrected chi connectivity index (χ4v) is 3.07. The molecule has 2 amide bonds. The van der Waals surface area contributed by atoms with Crippen molar-refractivity contribution in [2.24, 2.45) is 0 Å². The Labute approximate surface area is 124 Å². The number of hydrogen-bond donors (Lipinski definition) is 1. The van der Waals surface area contributed by atoms with Crippen LogP contribution in [0.2, 0.25) is 0 Å². The summed E-state index contributed by atoms with van der Waals surface area (Å²) < 4.78 is 0. The number of carbonyl (C=O) groups excluding carboxylic acids is 2. The smallest absolute Gasteiger partial charge is 0.252 e. The molecule has 112 valence electrons. The highest BCUT2D eigenvalue weighted by molar-refractivity contribution is 6.06. The Kier molecular flexibility index (Phi) is 3.82. The van der Waals surface area contributed by atoms with E-state index in [0.29, 0.717) is 6.54 Å². The van der Waals surface area contributed by atoms with E-state index in [9.17, 15) is 9.59 Å². The van der Waals surface area contributed by atoms with Crippen LogP contribution in [0.1, 0.15) is 26.2 Å². The Morgan fingerprint density at radius 3 is 2.38 bits per heavy atom. The third-order valence-electron chi connectivity index (χ3n) is 4.24. The van der Waals surface area contributed by atoms with Gasteiger partial charge in [0.15, 0.2) is 0 Å². The number of carbonyl (C=O) groups is 2. The van der Waals surface area contributed by atoms with Gasteiger partial charge in [-0.25, -0.2) is 0 Å². The molecule has 0 spiro atoms. The number of amides is 2. The minimum absolute atomic E-state index is 0.0892. The van der Waals surface area contributed by atoms with Gasteiger partial charge in [-0.1, -0.05) is 0 Å². The van der Waals surface area contributed by atoms with Crippen molar-refractivity contribution in [3.05, 3.63) is 24.3 Å². The molecule has 2 aliphatic rings. The van der Waals surface area contributed by atoms with E-state index in [1.165, 1.54) is 23.4 Å². The molecule has 1 aromatic carbocycles. The molecule has 21 heavy (non-hydrogen) atoms. The molecule has 5 heteroatoms. The first-order chi connectivity index (χ1) is 10.2. The molecule has 0 aromatic heterocycles. The van der Waals surface area contributed by atoms with Crippen molar-refractivity contribution in [2.45, 2.75) is 32.2 Å². The summed E-state index contributed by atoms with van der Waals surface area (Å²) in [7, 11) is 0. The third-order valence-corrected chi connectivity index (χ3v) is 4.24. The Morgan fingerprint density at radius 2 is 1.81 bits per heavy atom. The zero-order valence-corrected chi connectivity index (χ0v) is 12.3. The second-order valence-electron chi connectivity index (χ2n) is 5.62. The SMILES string of the molecule is CCN1C(=O)CC(Nc2ccc(N3CCCC3)cc2)C1=O. The van der Waals surface area contributed by atoms with E-state index in [0.717, 1.165) is 18.8 Å². The van der Waals surface area contributed by atoms with E-state index < -0.39 is 6.04 Å². The molecular weight excluding hydrogens is 266 g/mol. The molecule has 1 atom stereocenters. The van der Waals surface area contributed by atoms with Crippen LogP contribution in [0.25, 0.3) is 0 Å². The van der Waals surface area contributed by atoms with Gasteiger partial charge in [0.05, 0.1) is 6.42 Å². The van der Waals surface area contributed by atoms with Crippen LogP contribution < -0.4 is 10.2 Å². The summed E-state index contributed by atoms with van der Waals surface area (Å²) in [5.41, 5.74) is 2.11. The molecule has 0 aliphatic carbocycles. The quantitative estimate of drug-likeness (QED) is 0.859. The van der Waals surface area contributed by atoms with Crippen molar-refractivity contribution < 1.29 is 9.59 Å². The van der Waals surface area contributed by atoms with Crippen LogP contribution in [0, 0.1) is 0 Å². The van der Waals surface area contributed by atoms with Gasteiger partial charge in [-0.05, 0) is 44.0 Å². The predicted molar refractivity (Wildman–Crippen MR) is 82.3 cm³/mol. The number of likely N-dealkylation sites (tertiary alicyclic amines) is 1. The van der Waals surface area contributed by atoms with Crippen molar-refractivity contribution in [3.63, 3.8) is 0 Å². The summed E-state index contributed by atoms with van der Waals surface area (Å²) in [5, 5.41) is 3.17. The van der Waals surface area contributed by atoms with Gasteiger partial charge in [0.2, 0.25) is 5.91 Å². The Bertz CT molecular complexity index is 535. The maximum absolute atomic E-state index is 12.1. The lowest BCUT2D eigenvalue weighted by atomic mass is 10.2. The zero-order valence-electron chi connectivity index (χ0n) is 12.3. The van der Waals surface area contributed by atoms with Gasteiger partial charge in [0.25, 0.3) is 5.91 Å². The van der Waals surface area contributed by atoms with Crippen molar-refractivity contribution >= 4 is 23.2 Å². The van der Waals surface area contributed by atoms with Crippen molar-refractivity contribution in [1.82, 2.24) is 4.90 Å². The van der Waals surface area contributed by atoms with Crippen molar-refractivity contribution in [2.75, 3.05) is 29.9 Å². The first kappa shape index (κ1) is 13.9. The number of benzene rings is 1. The molecule has 2 aliphatic heterocycles. The molecule has 0 bridgehead atoms. The number of anilines is 2. The lowest BCUT2D eigenvalue weighted by molar-refractivity contribution is -0.138. The monoisotopic (exact) mass is 287 g/mol. The summed E-state index contributed by atoms with van der Waals surface area (Å²) in [6.07, 6.45) is 2.76. The van der Waals surface area contributed by atoms with E-state index in [1.807, 2.05) is 19.1 Å². The largest absolute Gasteiger partial charge is 0.373 e. The summed E-state index contributed by atoms with van der Waals surface area (Å²) in [6, 6.07) is 7.70. The highest BCUT2D eigenvalue weighted by Gasteiger charge is 2.37. The second-order valence-corrected chi connectivity index (χ2v) is 5.62. The first-order valence-corrected chi connectivity index (χ1v) is 7.65. The fraction of sp³-hybridized carbons (Fsp3) is 0.500. The number of rotatable bonds is 4. The van der Waals surface area contributed by atoms with Crippen LogP contribution in [-0.4, -0.2) is 42.4 Å². The van der Waals surface area contributed by atoms with Gasteiger partial charge in [-0.3, -0.25) is 14.5 Å². The zero-order chi connectivity index (χ0) is 14.8. The van der Waals surface area contributed by atoms with Crippen LogP contribution in [0.4, 0.5) is 11.4 Å². The predicted octanol–water partition coefficient (Wildman–Crippen LogP) is 1.85. The van der Waals surface area contributed by atoms with Crippen molar-refractivity contribution in [1.29, 1.82) is 0 Å². The van der Waals surface area contributed by atoms with Crippen LogP contribution in [0.15, 0.2) is 24.3 Å². The lowest BCUT2D eigenvalue weighted by Gasteiger charge is -2.19. The summed E-state index contributed by atoms with van der Waals surface area (Å²) in [5.74, 6) is -0.209. The van der Waals surface area contributed by atoms with E-state index in [2.05, 4.69) is 22.3 Å². The number of hydrogen-bond acceptors (Lipinski definition) is 4. The maximum Gasteiger partial charge on any atom is 0.252 e.